The van der Waals surface area contributed by atoms with Gasteiger partial charge >= 0.3 is 6.18 Å². The maximum Gasteiger partial charge on any atom is 0.417 e. The van der Waals surface area contributed by atoms with Crippen molar-refractivity contribution in [3.63, 3.8) is 0 Å². The first-order valence-corrected chi connectivity index (χ1v) is 5.97. The van der Waals surface area contributed by atoms with E-state index in [0.29, 0.717) is 5.69 Å². The maximum absolute atomic E-state index is 13.1. The number of aromatic nitrogens is 1. The lowest BCUT2D eigenvalue weighted by atomic mass is 9.90. The lowest BCUT2D eigenvalue weighted by molar-refractivity contribution is -0.138. The molecule has 0 amide bonds. The van der Waals surface area contributed by atoms with Gasteiger partial charge in [0.05, 0.1) is 12.2 Å². The second-order valence-electron chi connectivity index (χ2n) is 5.22. The molecule has 0 radical (unpaired) electrons. The fourth-order valence-corrected chi connectivity index (χ4v) is 1.57. The summed E-state index contributed by atoms with van der Waals surface area (Å²) >= 11 is 0. The molecule has 0 saturated heterocycles. The van der Waals surface area contributed by atoms with E-state index in [2.05, 4.69) is 11.6 Å². The number of nitrogens with zero attached hydrogens (tertiary/aromatic N) is 1. The van der Waals surface area contributed by atoms with E-state index in [-0.39, 0.29) is 17.9 Å². The molecule has 0 bridgehead atoms. The van der Waals surface area contributed by atoms with E-state index in [1.807, 2.05) is 20.8 Å². The Bertz CT molecular complexity index is 473. The van der Waals surface area contributed by atoms with E-state index in [1.165, 1.54) is 6.20 Å². The highest BCUT2D eigenvalue weighted by Crippen LogP contribution is 2.36. The van der Waals surface area contributed by atoms with E-state index < -0.39 is 17.2 Å². The molecule has 2 nitrogen and oxygen atoms in total. The third-order valence-corrected chi connectivity index (χ3v) is 2.60. The van der Waals surface area contributed by atoms with Crippen LogP contribution in [0.4, 0.5) is 13.2 Å². The van der Waals surface area contributed by atoms with Crippen molar-refractivity contribution < 1.29 is 17.9 Å². The SMILES string of the molecule is C=C(OCC)c1cnc(C(C)(C)C)cc1C(F)(F)F. The Kier molecular flexibility index (Phi) is 4.28. The van der Waals surface area contributed by atoms with Gasteiger partial charge in [-0.3, -0.25) is 4.98 Å². The highest BCUT2D eigenvalue weighted by Gasteiger charge is 2.36. The molecule has 0 spiro atoms. The number of ether oxygens (including phenoxy) is 1. The maximum atomic E-state index is 13.1. The molecule has 0 N–H and O–H groups in total. The van der Waals surface area contributed by atoms with Crippen LogP contribution < -0.4 is 0 Å². The van der Waals surface area contributed by atoms with Crippen LogP contribution in [0, 0.1) is 0 Å². The lowest BCUT2D eigenvalue weighted by Gasteiger charge is -2.21. The van der Waals surface area contributed by atoms with E-state index >= 15 is 0 Å². The average molecular weight is 273 g/mol. The monoisotopic (exact) mass is 273 g/mol. The smallest absolute Gasteiger partial charge is 0.417 e. The molecule has 1 aromatic rings. The van der Waals surface area contributed by atoms with Crippen LogP contribution in [-0.4, -0.2) is 11.6 Å². The fourth-order valence-electron chi connectivity index (χ4n) is 1.57. The Hall–Kier alpha value is -1.52. The predicted octanol–water partition coefficient (Wildman–Crippen LogP) is 4.41. The van der Waals surface area contributed by atoms with Crippen molar-refractivity contribution in [3.8, 4) is 0 Å². The number of hydrogen-bond acceptors (Lipinski definition) is 2. The average Bonchev–Trinajstić information content (AvgIpc) is 2.26. The number of hydrogen-bond donors (Lipinski definition) is 0. The van der Waals surface area contributed by atoms with Crippen LogP contribution in [-0.2, 0) is 16.3 Å². The summed E-state index contributed by atoms with van der Waals surface area (Å²) in [6.07, 6.45) is -3.28. The molecule has 1 rings (SSSR count). The van der Waals surface area contributed by atoms with Gasteiger partial charge in [0.15, 0.2) is 0 Å². The van der Waals surface area contributed by atoms with E-state index in [1.54, 1.807) is 6.92 Å². The van der Waals surface area contributed by atoms with Crippen LogP contribution in [0.25, 0.3) is 5.76 Å². The van der Waals surface area contributed by atoms with Crippen molar-refractivity contribution in [3.05, 3.63) is 35.7 Å². The number of pyridine rings is 1. The van der Waals surface area contributed by atoms with Gasteiger partial charge in [0.1, 0.15) is 5.76 Å². The molecule has 1 heterocycles. The minimum atomic E-state index is -4.46. The molecule has 0 aliphatic rings. The first-order valence-electron chi connectivity index (χ1n) is 5.97. The molecule has 19 heavy (non-hydrogen) atoms. The Morgan fingerprint density at radius 3 is 2.32 bits per heavy atom. The summed E-state index contributed by atoms with van der Waals surface area (Å²) in [5, 5.41) is 0. The molecule has 0 fully saturated rings. The summed E-state index contributed by atoms with van der Waals surface area (Å²) in [5.74, 6) is -0.0113. The molecule has 106 valence electrons. The van der Waals surface area contributed by atoms with Gasteiger partial charge in [0.2, 0.25) is 0 Å². The summed E-state index contributed by atoms with van der Waals surface area (Å²) in [4.78, 5) is 4.09. The van der Waals surface area contributed by atoms with Crippen molar-refractivity contribution in [2.24, 2.45) is 0 Å². The third-order valence-electron chi connectivity index (χ3n) is 2.60. The Morgan fingerprint density at radius 2 is 1.89 bits per heavy atom. The largest absolute Gasteiger partial charge is 0.494 e. The first kappa shape index (κ1) is 15.5. The molecular weight excluding hydrogens is 255 g/mol. The van der Waals surface area contributed by atoms with Gasteiger partial charge in [0.25, 0.3) is 0 Å². The van der Waals surface area contributed by atoms with Crippen molar-refractivity contribution >= 4 is 5.76 Å². The van der Waals surface area contributed by atoms with E-state index in [9.17, 15) is 13.2 Å². The summed E-state index contributed by atoms with van der Waals surface area (Å²) < 4.78 is 44.3. The van der Waals surface area contributed by atoms with Crippen LogP contribution >= 0.6 is 0 Å². The molecule has 0 saturated carbocycles. The highest BCUT2D eigenvalue weighted by molar-refractivity contribution is 5.61. The molecule has 0 aliphatic carbocycles. The predicted molar refractivity (Wildman–Crippen MR) is 68.6 cm³/mol. The van der Waals surface area contributed by atoms with Crippen LogP contribution in [0.1, 0.15) is 44.5 Å². The standard InChI is InChI=1S/C14H18F3NO/c1-6-19-9(2)10-8-18-12(13(3,4)5)7-11(10)14(15,16)17/h7-8H,2,6H2,1,3-5H3. The first-order chi connectivity index (χ1) is 8.57. The summed E-state index contributed by atoms with van der Waals surface area (Å²) in [6.45, 7) is 10.9. The van der Waals surface area contributed by atoms with Crippen molar-refractivity contribution in [2.75, 3.05) is 6.61 Å². The zero-order chi connectivity index (χ0) is 14.8. The topological polar surface area (TPSA) is 22.1 Å². The molecule has 0 aromatic carbocycles. The molecule has 1 aromatic heterocycles. The van der Waals surface area contributed by atoms with Crippen molar-refractivity contribution in [1.82, 2.24) is 4.98 Å². The van der Waals surface area contributed by atoms with Gasteiger partial charge in [0, 0.05) is 22.9 Å². The fraction of sp³-hybridized carbons (Fsp3) is 0.500. The Morgan fingerprint density at radius 1 is 1.32 bits per heavy atom. The molecule has 5 heteroatoms. The Labute approximate surface area is 111 Å². The van der Waals surface area contributed by atoms with E-state index in [4.69, 9.17) is 4.74 Å². The molecule has 0 unspecified atom stereocenters. The van der Waals surface area contributed by atoms with Gasteiger partial charge in [-0.25, -0.2) is 0 Å². The zero-order valence-corrected chi connectivity index (χ0v) is 11.6. The Balaban J connectivity index is 3.38. The minimum absolute atomic E-state index is 0.0113. The van der Waals surface area contributed by atoms with Gasteiger partial charge in [-0.05, 0) is 13.0 Å². The summed E-state index contributed by atoms with van der Waals surface area (Å²) in [5.41, 5.74) is -0.938. The number of alkyl halides is 3. The summed E-state index contributed by atoms with van der Waals surface area (Å²) in [7, 11) is 0. The molecule has 0 aliphatic heterocycles. The zero-order valence-electron chi connectivity index (χ0n) is 11.6. The molecular formula is C14H18F3NO. The van der Waals surface area contributed by atoms with Gasteiger partial charge < -0.3 is 4.74 Å². The van der Waals surface area contributed by atoms with Crippen molar-refractivity contribution in [1.29, 1.82) is 0 Å². The number of rotatable bonds is 3. The van der Waals surface area contributed by atoms with Gasteiger partial charge in [-0.1, -0.05) is 27.4 Å². The second-order valence-corrected chi connectivity index (χ2v) is 5.22. The van der Waals surface area contributed by atoms with Crippen LogP contribution in [0.3, 0.4) is 0 Å². The lowest BCUT2D eigenvalue weighted by Crippen LogP contribution is -2.18. The quantitative estimate of drug-likeness (QED) is 0.761. The minimum Gasteiger partial charge on any atom is -0.494 e. The van der Waals surface area contributed by atoms with Gasteiger partial charge in [-0.2, -0.15) is 13.2 Å². The van der Waals surface area contributed by atoms with E-state index in [0.717, 1.165) is 6.07 Å². The van der Waals surface area contributed by atoms with Crippen LogP contribution in [0.2, 0.25) is 0 Å². The normalized spacial score (nSPS) is 12.4. The summed E-state index contributed by atoms with van der Waals surface area (Å²) in [6, 6.07) is 1.07. The van der Waals surface area contributed by atoms with Gasteiger partial charge in [-0.15, -0.1) is 0 Å². The molecule has 0 atom stereocenters. The van der Waals surface area contributed by atoms with Crippen LogP contribution in [0.5, 0.6) is 0 Å². The third kappa shape index (κ3) is 3.72. The number of halogens is 3. The van der Waals surface area contributed by atoms with Crippen LogP contribution in [0.15, 0.2) is 18.8 Å². The van der Waals surface area contributed by atoms with Crippen molar-refractivity contribution in [2.45, 2.75) is 39.3 Å². The second kappa shape index (κ2) is 5.23. The highest BCUT2D eigenvalue weighted by atomic mass is 19.4.